The molecule has 22 heavy (non-hydrogen) atoms. The third-order valence-electron chi connectivity index (χ3n) is 3.53. The van der Waals surface area contributed by atoms with Gasteiger partial charge in [-0.3, -0.25) is 10.1 Å². The molecule has 0 unspecified atom stereocenters. The maximum Gasteiger partial charge on any atom is 0.275 e. The van der Waals surface area contributed by atoms with E-state index in [0.29, 0.717) is 0 Å². The second-order valence-electron chi connectivity index (χ2n) is 5.38. The molecular weight excluding hydrogens is 330 g/mol. The number of sulfonamides is 1. The molecule has 0 radical (unpaired) electrons. The first-order valence-electron chi connectivity index (χ1n) is 6.34. The standard InChI is InChI=1S/C13H16ClN3O4S/c1-8(2)13(4,7-15)16-22(20,21)10-5-11(14)9(3)12(6-10)17(18)19/h5-6,8,16H,1-4H3/t13-/m0/s1. The van der Waals surface area contributed by atoms with E-state index in [1.54, 1.807) is 13.8 Å². The van der Waals surface area contributed by atoms with Crippen molar-refractivity contribution in [2.24, 2.45) is 5.92 Å². The zero-order valence-corrected chi connectivity index (χ0v) is 14.1. The minimum absolute atomic E-state index is 0.0298. The van der Waals surface area contributed by atoms with Crippen LogP contribution in [0.2, 0.25) is 5.02 Å². The second kappa shape index (κ2) is 6.20. The molecule has 0 saturated carbocycles. The molecule has 0 aromatic heterocycles. The van der Waals surface area contributed by atoms with Crippen molar-refractivity contribution in [3.8, 4) is 6.07 Å². The summed E-state index contributed by atoms with van der Waals surface area (Å²) < 4.78 is 27.1. The Morgan fingerprint density at radius 3 is 2.41 bits per heavy atom. The highest BCUT2D eigenvalue weighted by atomic mass is 35.5. The summed E-state index contributed by atoms with van der Waals surface area (Å²) in [6.45, 7) is 6.25. The third-order valence-corrected chi connectivity index (χ3v) is 5.47. The lowest BCUT2D eigenvalue weighted by Gasteiger charge is -2.27. The molecule has 1 aromatic carbocycles. The quantitative estimate of drug-likeness (QED) is 0.651. The number of hydrogen-bond donors (Lipinski definition) is 1. The van der Waals surface area contributed by atoms with Crippen LogP contribution in [0.15, 0.2) is 17.0 Å². The van der Waals surface area contributed by atoms with Gasteiger partial charge < -0.3 is 0 Å². The lowest BCUT2D eigenvalue weighted by Crippen LogP contribution is -2.48. The smallest absolute Gasteiger partial charge is 0.258 e. The van der Waals surface area contributed by atoms with Crippen LogP contribution in [0.25, 0.3) is 0 Å². The molecule has 9 heteroatoms. The first-order chi connectivity index (χ1) is 9.94. The van der Waals surface area contributed by atoms with Crippen molar-refractivity contribution in [3.05, 3.63) is 32.8 Å². The molecule has 1 atom stereocenters. The highest BCUT2D eigenvalue weighted by Gasteiger charge is 2.34. The van der Waals surface area contributed by atoms with E-state index in [-0.39, 0.29) is 21.4 Å². The number of nitrogens with one attached hydrogen (secondary N) is 1. The molecule has 1 aromatic rings. The van der Waals surface area contributed by atoms with Gasteiger partial charge in [-0.2, -0.15) is 9.98 Å². The van der Waals surface area contributed by atoms with E-state index in [9.17, 15) is 23.8 Å². The largest absolute Gasteiger partial charge is 0.275 e. The molecule has 0 fully saturated rings. The average molecular weight is 346 g/mol. The SMILES string of the molecule is Cc1c(Cl)cc(S(=O)(=O)N[C@@](C)(C#N)C(C)C)cc1[N+](=O)[O-]. The molecule has 1 N–H and O–H groups in total. The fourth-order valence-electron chi connectivity index (χ4n) is 1.59. The molecule has 0 saturated heterocycles. The van der Waals surface area contributed by atoms with Gasteiger partial charge in [0.05, 0.1) is 20.9 Å². The van der Waals surface area contributed by atoms with Gasteiger partial charge >= 0.3 is 0 Å². The Labute approximate surface area is 134 Å². The van der Waals surface area contributed by atoms with Crippen LogP contribution in [0.1, 0.15) is 26.3 Å². The summed E-state index contributed by atoms with van der Waals surface area (Å²) in [5.74, 6) is -0.303. The highest BCUT2D eigenvalue weighted by Crippen LogP contribution is 2.30. The van der Waals surface area contributed by atoms with Gasteiger partial charge in [-0.05, 0) is 25.8 Å². The first kappa shape index (κ1) is 18.4. The van der Waals surface area contributed by atoms with Crippen LogP contribution in [0.4, 0.5) is 5.69 Å². The molecular formula is C13H16ClN3O4S. The van der Waals surface area contributed by atoms with Crippen LogP contribution in [0.5, 0.6) is 0 Å². The molecule has 0 aliphatic carbocycles. The third kappa shape index (κ3) is 3.55. The molecule has 1 rings (SSSR count). The van der Waals surface area contributed by atoms with Gasteiger partial charge in [0.1, 0.15) is 5.54 Å². The van der Waals surface area contributed by atoms with Crippen LogP contribution < -0.4 is 4.72 Å². The van der Waals surface area contributed by atoms with Gasteiger partial charge in [0, 0.05) is 11.6 Å². The molecule has 120 valence electrons. The van der Waals surface area contributed by atoms with Crippen LogP contribution in [0, 0.1) is 34.3 Å². The zero-order chi connectivity index (χ0) is 17.3. The number of nitro benzene ring substituents is 1. The van der Waals surface area contributed by atoms with Crippen molar-refractivity contribution in [2.45, 2.75) is 38.1 Å². The summed E-state index contributed by atoms with van der Waals surface area (Å²) in [7, 11) is -4.13. The Bertz CT molecular complexity index is 755. The Hall–Kier alpha value is -1.69. The Morgan fingerprint density at radius 2 is 2.00 bits per heavy atom. The minimum Gasteiger partial charge on any atom is -0.258 e. The lowest BCUT2D eigenvalue weighted by molar-refractivity contribution is -0.385. The van der Waals surface area contributed by atoms with Gasteiger partial charge in [-0.25, -0.2) is 8.42 Å². The summed E-state index contributed by atoms with van der Waals surface area (Å²) >= 11 is 5.88. The summed E-state index contributed by atoms with van der Waals surface area (Å²) in [5, 5.41) is 20.1. The van der Waals surface area contributed by atoms with Gasteiger partial charge in [-0.15, -0.1) is 0 Å². The monoisotopic (exact) mass is 345 g/mol. The average Bonchev–Trinajstić information content (AvgIpc) is 2.40. The second-order valence-corrected chi connectivity index (χ2v) is 7.47. The molecule has 0 bridgehead atoms. The van der Waals surface area contributed by atoms with Gasteiger partial charge in [0.15, 0.2) is 0 Å². The van der Waals surface area contributed by atoms with E-state index >= 15 is 0 Å². The van der Waals surface area contributed by atoms with Crippen LogP contribution >= 0.6 is 11.6 Å². The maximum atomic E-state index is 12.4. The van der Waals surface area contributed by atoms with Crippen molar-refractivity contribution in [3.63, 3.8) is 0 Å². The Balaban J connectivity index is 3.43. The lowest BCUT2D eigenvalue weighted by atomic mass is 9.92. The number of rotatable bonds is 5. The number of nitriles is 1. The van der Waals surface area contributed by atoms with Crippen LogP contribution in [0.3, 0.4) is 0 Å². The van der Waals surface area contributed by atoms with E-state index in [4.69, 9.17) is 11.6 Å². The first-order valence-corrected chi connectivity index (χ1v) is 8.20. The Kier molecular flexibility index (Phi) is 5.18. The van der Waals surface area contributed by atoms with Gasteiger partial charge in [0.2, 0.25) is 10.0 Å². The summed E-state index contributed by atoms with van der Waals surface area (Å²) in [6.07, 6.45) is 0. The van der Waals surface area contributed by atoms with Gasteiger partial charge in [0.25, 0.3) is 5.69 Å². The van der Waals surface area contributed by atoms with E-state index in [1.165, 1.54) is 13.8 Å². The number of hydrogen-bond acceptors (Lipinski definition) is 5. The molecule has 7 nitrogen and oxygen atoms in total. The molecule has 0 spiro atoms. The van der Waals surface area contributed by atoms with Crippen molar-refractivity contribution >= 4 is 27.3 Å². The van der Waals surface area contributed by atoms with Crippen LogP contribution in [-0.4, -0.2) is 18.9 Å². The number of nitro groups is 1. The summed E-state index contributed by atoms with van der Waals surface area (Å²) in [5.41, 5.74) is -1.56. The van der Waals surface area contributed by atoms with Crippen molar-refractivity contribution in [1.82, 2.24) is 4.72 Å². The van der Waals surface area contributed by atoms with E-state index < -0.39 is 26.2 Å². The predicted octanol–water partition coefficient (Wildman–Crippen LogP) is 2.77. The number of nitrogens with zero attached hydrogens (tertiary/aromatic N) is 2. The molecule has 0 amide bonds. The van der Waals surface area contributed by atoms with Crippen molar-refractivity contribution in [2.75, 3.05) is 0 Å². The zero-order valence-electron chi connectivity index (χ0n) is 12.5. The van der Waals surface area contributed by atoms with Crippen LogP contribution in [-0.2, 0) is 10.0 Å². The fraction of sp³-hybridized carbons (Fsp3) is 0.462. The summed E-state index contributed by atoms with van der Waals surface area (Å²) in [4.78, 5) is 9.93. The van der Waals surface area contributed by atoms with Crippen molar-refractivity contribution in [1.29, 1.82) is 5.26 Å². The topological polar surface area (TPSA) is 113 Å². The normalized spacial score (nSPS) is 14.4. The minimum atomic E-state index is -4.13. The summed E-state index contributed by atoms with van der Waals surface area (Å²) in [6, 6.07) is 3.97. The number of benzene rings is 1. The van der Waals surface area contributed by atoms with E-state index in [0.717, 1.165) is 12.1 Å². The fourth-order valence-corrected chi connectivity index (χ4v) is 3.37. The van der Waals surface area contributed by atoms with E-state index in [1.807, 2.05) is 6.07 Å². The highest BCUT2D eigenvalue weighted by molar-refractivity contribution is 7.89. The van der Waals surface area contributed by atoms with Crippen molar-refractivity contribution < 1.29 is 13.3 Å². The predicted molar refractivity (Wildman–Crippen MR) is 82.0 cm³/mol. The molecule has 0 aliphatic rings. The maximum absolute atomic E-state index is 12.4. The Morgan fingerprint density at radius 1 is 1.45 bits per heavy atom. The van der Waals surface area contributed by atoms with Gasteiger partial charge in [-0.1, -0.05) is 25.4 Å². The molecule has 0 heterocycles. The van der Waals surface area contributed by atoms with E-state index in [2.05, 4.69) is 4.72 Å². The molecule has 0 aliphatic heterocycles. The number of halogens is 1.